The van der Waals surface area contributed by atoms with E-state index >= 15 is 0 Å². The van der Waals surface area contributed by atoms with Crippen molar-refractivity contribution in [1.82, 2.24) is 0 Å². The number of aliphatic imine (C=N–C) groups is 2. The number of phenols is 2. The Kier molecular flexibility index (Phi) is 5.59. The van der Waals surface area contributed by atoms with E-state index in [2.05, 4.69) is 0 Å². The fraction of sp³-hybridized carbons (Fsp3) is 0.214. The van der Waals surface area contributed by atoms with Crippen LogP contribution in [-0.4, -0.2) is 34.7 Å². The largest absolute Gasteiger partial charge is 0.507 e. The predicted octanol–water partition coefficient (Wildman–Crippen LogP) is 6.25. The topological polar surface area (TPSA) is 65.2 Å². The Morgan fingerprint density at radius 2 is 1.03 bits per heavy atom. The summed E-state index contributed by atoms with van der Waals surface area (Å²) in [6, 6.07) is 23.6. The van der Waals surface area contributed by atoms with Gasteiger partial charge in [0.1, 0.15) is 11.5 Å². The van der Waals surface area contributed by atoms with E-state index in [0.717, 1.165) is 58.4 Å². The first-order valence-electron chi connectivity index (χ1n) is 11.2. The summed E-state index contributed by atoms with van der Waals surface area (Å²) in [5.74, 6) is 0.535. The maximum absolute atomic E-state index is 10.7. The van der Waals surface area contributed by atoms with E-state index in [1.54, 1.807) is 12.4 Å². The highest BCUT2D eigenvalue weighted by Crippen LogP contribution is 2.30. The zero-order valence-electron chi connectivity index (χ0n) is 17.9. The van der Waals surface area contributed by atoms with Gasteiger partial charge in [0.15, 0.2) is 0 Å². The maximum Gasteiger partial charge on any atom is 0.132 e. The van der Waals surface area contributed by atoms with Gasteiger partial charge in [0, 0.05) is 34.3 Å². The fourth-order valence-corrected chi connectivity index (χ4v) is 4.54. The van der Waals surface area contributed by atoms with Gasteiger partial charge in [-0.05, 0) is 35.7 Å². The quantitative estimate of drug-likeness (QED) is 0.382. The number of aromatic hydroxyl groups is 2. The summed E-state index contributed by atoms with van der Waals surface area (Å²) in [6.45, 7) is 0. The van der Waals surface area contributed by atoms with Crippen LogP contribution in [0.15, 0.2) is 82.8 Å². The second kappa shape index (κ2) is 8.83. The lowest BCUT2D eigenvalue weighted by atomic mass is 9.91. The van der Waals surface area contributed by atoms with Crippen LogP contribution in [0.4, 0.5) is 0 Å². The molecule has 1 saturated carbocycles. The molecule has 1 aliphatic rings. The molecule has 1 aliphatic carbocycles. The summed E-state index contributed by atoms with van der Waals surface area (Å²) in [7, 11) is 0. The van der Waals surface area contributed by atoms with Gasteiger partial charge in [-0.2, -0.15) is 0 Å². The fourth-order valence-electron chi connectivity index (χ4n) is 4.54. The number of benzene rings is 4. The first-order chi connectivity index (χ1) is 15.7. The number of phenolic OH excluding ortho intramolecular Hbond substituents is 2. The Hall–Kier alpha value is -3.66. The van der Waals surface area contributed by atoms with Crippen molar-refractivity contribution >= 4 is 34.0 Å². The Morgan fingerprint density at radius 3 is 1.50 bits per heavy atom. The Balaban J connectivity index is 1.39. The van der Waals surface area contributed by atoms with Crippen molar-refractivity contribution in [3.63, 3.8) is 0 Å². The summed E-state index contributed by atoms with van der Waals surface area (Å²) in [6.07, 6.45) is 7.76. The van der Waals surface area contributed by atoms with Crippen molar-refractivity contribution in [2.24, 2.45) is 9.98 Å². The monoisotopic (exact) mass is 422 g/mol. The average molecular weight is 423 g/mol. The third-order valence-electron chi connectivity index (χ3n) is 6.37. The van der Waals surface area contributed by atoms with Gasteiger partial charge in [0.2, 0.25) is 0 Å². The molecule has 0 aromatic heterocycles. The van der Waals surface area contributed by atoms with Crippen LogP contribution in [0.5, 0.6) is 11.5 Å². The van der Waals surface area contributed by atoms with Crippen LogP contribution in [0.2, 0.25) is 0 Å². The molecule has 0 bridgehead atoms. The molecule has 4 aromatic carbocycles. The molecule has 0 saturated heterocycles. The number of nitrogens with zero attached hydrogens (tertiary/aromatic N) is 2. The number of hydrogen-bond acceptors (Lipinski definition) is 4. The molecule has 0 aliphatic heterocycles. The molecule has 0 unspecified atom stereocenters. The highest BCUT2D eigenvalue weighted by molar-refractivity contribution is 5.98. The molecule has 0 spiro atoms. The first-order valence-corrected chi connectivity index (χ1v) is 11.2. The van der Waals surface area contributed by atoms with Crippen LogP contribution in [0.3, 0.4) is 0 Å². The van der Waals surface area contributed by atoms with Gasteiger partial charge in [-0.3, -0.25) is 9.98 Å². The zero-order chi connectivity index (χ0) is 21.9. The lowest BCUT2D eigenvalue weighted by molar-refractivity contribution is 0.390. The summed E-state index contributed by atoms with van der Waals surface area (Å²) in [4.78, 5) is 9.65. The van der Waals surface area contributed by atoms with Gasteiger partial charge >= 0.3 is 0 Å². The standard InChI is InChI=1S/C28H26N2O2/c31-27-21(15-13-19-7-1-3-9-23(19)27)17-29-25-11-5-6-12-26(25)30-18-22-16-14-20-8-2-4-10-24(20)28(22)32/h1-4,7-10,13-18,25-26,31-32H,5-6,11-12H2/t25-,26-/m0/s1. The molecule has 4 heteroatoms. The van der Waals surface area contributed by atoms with Gasteiger partial charge in [-0.15, -0.1) is 0 Å². The molecular formula is C28H26N2O2. The SMILES string of the molecule is Oc1c(C=N[C@H]2CCCC[C@@H]2N=Cc2ccc3ccccc3c2O)ccc2ccccc12. The smallest absolute Gasteiger partial charge is 0.132 e. The summed E-state index contributed by atoms with van der Waals surface area (Å²) < 4.78 is 0. The van der Waals surface area contributed by atoms with Gasteiger partial charge in [-0.1, -0.05) is 73.5 Å². The molecule has 5 rings (SSSR count). The molecule has 2 N–H and O–H groups in total. The van der Waals surface area contributed by atoms with Crippen LogP contribution in [-0.2, 0) is 0 Å². The number of rotatable bonds is 4. The summed E-state index contributed by atoms with van der Waals surface area (Å²) in [5, 5.41) is 25.0. The zero-order valence-corrected chi connectivity index (χ0v) is 17.9. The number of hydrogen-bond donors (Lipinski definition) is 2. The Morgan fingerprint density at radius 1 is 0.594 bits per heavy atom. The summed E-state index contributed by atoms with van der Waals surface area (Å²) in [5.41, 5.74) is 1.45. The molecular weight excluding hydrogens is 396 g/mol. The van der Waals surface area contributed by atoms with E-state index in [1.807, 2.05) is 72.8 Å². The van der Waals surface area contributed by atoms with Crippen LogP contribution in [0.25, 0.3) is 21.5 Å². The van der Waals surface area contributed by atoms with Crippen molar-refractivity contribution in [3.8, 4) is 11.5 Å². The lowest BCUT2D eigenvalue weighted by Gasteiger charge is -2.25. The van der Waals surface area contributed by atoms with Crippen molar-refractivity contribution in [2.75, 3.05) is 0 Å². The third kappa shape index (κ3) is 3.96. The summed E-state index contributed by atoms with van der Waals surface area (Å²) >= 11 is 0. The van der Waals surface area contributed by atoms with Gasteiger partial charge in [0.05, 0.1) is 12.1 Å². The minimum atomic E-state index is 0.0634. The Bertz CT molecular complexity index is 1220. The van der Waals surface area contributed by atoms with E-state index in [1.165, 1.54) is 0 Å². The lowest BCUT2D eigenvalue weighted by Crippen LogP contribution is -2.27. The van der Waals surface area contributed by atoms with Crippen LogP contribution in [0.1, 0.15) is 36.8 Å². The molecule has 32 heavy (non-hydrogen) atoms. The van der Waals surface area contributed by atoms with Gasteiger partial charge in [0.25, 0.3) is 0 Å². The predicted molar refractivity (Wildman–Crippen MR) is 132 cm³/mol. The first kappa shape index (κ1) is 20.3. The highest BCUT2D eigenvalue weighted by atomic mass is 16.3. The van der Waals surface area contributed by atoms with Crippen molar-refractivity contribution in [3.05, 3.63) is 83.9 Å². The van der Waals surface area contributed by atoms with E-state index in [9.17, 15) is 10.2 Å². The van der Waals surface area contributed by atoms with Gasteiger partial charge in [-0.25, -0.2) is 0 Å². The van der Waals surface area contributed by atoms with Gasteiger partial charge < -0.3 is 10.2 Å². The minimum Gasteiger partial charge on any atom is -0.507 e. The number of fused-ring (bicyclic) bond motifs is 2. The molecule has 0 radical (unpaired) electrons. The van der Waals surface area contributed by atoms with E-state index in [4.69, 9.17) is 9.98 Å². The molecule has 4 nitrogen and oxygen atoms in total. The minimum absolute atomic E-state index is 0.0634. The normalized spacial score (nSPS) is 19.4. The van der Waals surface area contributed by atoms with Crippen molar-refractivity contribution < 1.29 is 10.2 Å². The Labute approximate surface area is 187 Å². The highest BCUT2D eigenvalue weighted by Gasteiger charge is 2.23. The van der Waals surface area contributed by atoms with Crippen molar-refractivity contribution in [2.45, 2.75) is 37.8 Å². The molecule has 1 fully saturated rings. The average Bonchev–Trinajstić information content (AvgIpc) is 2.84. The van der Waals surface area contributed by atoms with Crippen LogP contribution >= 0.6 is 0 Å². The maximum atomic E-state index is 10.7. The second-order valence-corrected chi connectivity index (χ2v) is 8.42. The van der Waals surface area contributed by atoms with Crippen LogP contribution < -0.4 is 0 Å². The second-order valence-electron chi connectivity index (χ2n) is 8.42. The van der Waals surface area contributed by atoms with E-state index < -0.39 is 0 Å². The van der Waals surface area contributed by atoms with E-state index in [0.29, 0.717) is 0 Å². The van der Waals surface area contributed by atoms with Crippen molar-refractivity contribution in [1.29, 1.82) is 0 Å². The molecule has 4 aromatic rings. The molecule has 160 valence electrons. The van der Waals surface area contributed by atoms with Crippen LogP contribution in [0, 0.1) is 0 Å². The molecule has 2 atom stereocenters. The third-order valence-corrected chi connectivity index (χ3v) is 6.37. The molecule has 0 heterocycles. The van der Waals surface area contributed by atoms with E-state index in [-0.39, 0.29) is 23.6 Å². The molecule has 0 amide bonds.